The molecule has 0 bridgehead atoms. The standard InChI is InChI=1S/C14H33N6.V/c1-13(2,3)14(7-18-10-15-4,8-19-11-16-5)9-20-12-17-6;/h15-20H,4-12H2,1-3H3;/q-3;. The molecule has 0 aromatic rings. The molecule has 6 nitrogen and oxygen atoms in total. The fourth-order valence-electron chi connectivity index (χ4n) is 2.15. The Morgan fingerprint density at radius 2 is 0.952 bits per heavy atom. The molecule has 0 aromatic heterocycles. The molecule has 127 valence electrons. The number of nitrogens with one attached hydrogen (secondary N) is 6. The van der Waals surface area contributed by atoms with Crippen molar-refractivity contribution >= 4 is 0 Å². The van der Waals surface area contributed by atoms with E-state index in [1.165, 1.54) is 0 Å². The first-order valence-corrected chi connectivity index (χ1v) is 7.05. The van der Waals surface area contributed by atoms with Crippen LogP contribution < -0.4 is 31.9 Å². The van der Waals surface area contributed by atoms with Crippen molar-refractivity contribution < 1.29 is 18.6 Å². The zero-order valence-electron chi connectivity index (χ0n) is 13.8. The number of hydrogen-bond donors (Lipinski definition) is 6. The Balaban J connectivity index is 0. The molecule has 1 radical (unpaired) electrons. The maximum atomic E-state index is 3.64. The van der Waals surface area contributed by atoms with Crippen molar-refractivity contribution in [2.75, 3.05) is 39.6 Å². The third-order valence-corrected chi connectivity index (χ3v) is 3.73. The van der Waals surface area contributed by atoms with Crippen molar-refractivity contribution in [3.63, 3.8) is 0 Å². The average molecular weight is 336 g/mol. The molecular weight excluding hydrogens is 303 g/mol. The van der Waals surface area contributed by atoms with Gasteiger partial charge in [0.05, 0.1) is 0 Å². The van der Waals surface area contributed by atoms with Crippen LogP contribution in [0.15, 0.2) is 0 Å². The van der Waals surface area contributed by atoms with Gasteiger partial charge in [0.15, 0.2) is 0 Å². The van der Waals surface area contributed by atoms with Gasteiger partial charge in [0.1, 0.15) is 0 Å². The van der Waals surface area contributed by atoms with E-state index in [1.54, 1.807) is 0 Å². The molecule has 0 rings (SSSR count). The van der Waals surface area contributed by atoms with Gasteiger partial charge in [0.25, 0.3) is 0 Å². The van der Waals surface area contributed by atoms with Crippen LogP contribution in [0.3, 0.4) is 0 Å². The SMILES string of the molecule is [CH2-]NCNCC(CNCN[CH2-])(CNCN[CH2-])C(C)(C)C.[V]. The summed E-state index contributed by atoms with van der Waals surface area (Å²) in [5, 5.41) is 18.9. The predicted octanol–water partition coefficient (Wildman–Crippen LogP) is -0.199. The Bertz CT molecular complexity index is 205. The van der Waals surface area contributed by atoms with Crippen molar-refractivity contribution in [2.24, 2.45) is 10.8 Å². The summed E-state index contributed by atoms with van der Waals surface area (Å²) >= 11 is 0. The van der Waals surface area contributed by atoms with Crippen LogP contribution in [0, 0.1) is 32.0 Å². The van der Waals surface area contributed by atoms with Gasteiger partial charge in [0.2, 0.25) is 0 Å². The third kappa shape index (κ3) is 9.16. The first kappa shape index (κ1) is 23.6. The Morgan fingerprint density at radius 1 is 0.667 bits per heavy atom. The van der Waals surface area contributed by atoms with Gasteiger partial charge in [0, 0.05) is 63.6 Å². The van der Waals surface area contributed by atoms with E-state index >= 15 is 0 Å². The minimum Gasteiger partial charge on any atom is -0.461 e. The molecule has 7 heteroatoms. The molecule has 0 saturated heterocycles. The van der Waals surface area contributed by atoms with E-state index in [4.69, 9.17) is 0 Å². The van der Waals surface area contributed by atoms with Crippen LogP contribution in [0.5, 0.6) is 0 Å². The minimum atomic E-state index is 0. The zero-order chi connectivity index (χ0) is 15.5. The van der Waals surface area contributed by atoms with Gasteiger partial charge in [-0.05, 0) is 5.41 Å². The van der Waals surface area contributed by atoms with Gasteiger partial charge in [-0.2, -0.15) is 0 Å². The fraction of sp³-hybridized carbons (Fsp3) is 0.786. The molecule has 0 heterocycles. The van der Waals surface area contributed by atoms with E-state index in [0.29, 0.717) is 20.0 Å². The van der Waals surface area contributed by atoms with Crippen molar-refractivity contribution in [1.29, 1.82) is 0 Å². The van der Waals surface area contributed by atoms with Crippen LogP contribution >= 0.6 is 0 Å². The van der Waals surface area contributed by atoms with E-state index < -0.39 is 0 Å². The largest absolute Gasteiger partial charge is 0.461 e. The van der Waals surface area contributed by atoms with Gasteiger partial charge in [-0.3, -0.25) is 21.1 Å². The molecular formula is C14H33N6V-3. The molecule has 0 atom stereocenters. The maximum absolute atomic E-state index is 3.64. The van der Waals surface area contributed by atoms with Crippen LogP contribution in [-0.2, 0) is 18.6 Å². The second kappa shape index (κ2) is 12.8. The van der Waals surface area contributed by atoms with Gasteiger partial charge < -0.3 is 31.9 Å². The summed E-state index contributed by atoms with van der Waals surface area (Å²) in [7, 11) is 10.9. The van der Waals surface area contributed by atoms with Gasteiger partial charge in [-0.25, -0.2) is 0 Å². The molecule has 0 fully saturated rings. The van der Waals surface area contributed by atoms with Gasteiger partial charge >= 0.3 is 0 Å². The molecule has 0 aromatic carbocycles. The van der Waals surface area contributed by atoms with Crippen molar-refractivity contribution in [3.05, 3.63) is 21.1 Å². The first-order chi connectivity index (χ1) is 9.43. The topological polar surface area (TPSA) is 72.2 Å². The molecule has 0 aliphatic heterocycles. The number of rotatable bonds is 12. The smallest absolute Gasteiger partial charge is 0.0181 e. The molecule has 0 aliphatic carbocycles. The third-order valence-electron chi connectivity index (χ3n) is 3.73. The van der Waals surface area contributed by atoms with Crippen LogP contribution in [0.2, 0.25) is 0 Å². The van der Waals surface area contributed by atoms with Gasteiger partial charge in [-0.1, -0.05) is 20.8 Å². The van der Waals surface area contributed by atoms with E-state index in [0.717, 1.165) is 19.6 Å². The van der Waals surface area contributed by atoms with E-state index in [2.05, 4.69) is 73.8 Å². The second-order valence-electron chi connectivity index (χ2n) is 6.09. The molecule has 21 heavy (non-hydrogen) atoms. The zero-order valence-corrected chi connectivity index (χ0v) is 15.2. The minimum absolute atomic E-state index is 0. The van der Waals surface area contributed by atoms with Gasteiger partial charge in [-0.15, -0.1) is 0 Å². The summed E-state index contributed by atoms with van der Waals surface area (Å²) < 4.78 is 0. The quantitative estimate of drug-likeness (QED) is 0.169. The average Bonchev–Trinajstić information content (AvgIpc) is 2.37. The fourth-order valence-corrected chi connectivity index (χ4v) is 2.15. The normalized spacial score (nSPS) is 12.3. The van der Waals surface area contributed by atoms with E-state index in [9.17, 15) is 0 Å². The Kier molecular flexibility index (Phi) is 14.4. The summed E-state index contributed by atoms with van der Waals surface area (Å²) in [6.07, 6.45) is 0. The summed E-state index contributed by atoms with van der Waals surface area (Å²) in [6, 6.07) is 0. The summed E-state index contributed by atoms with van der Waals surface area (Å²) in [5.74, 6) is 0. The molecule has 6 N–H and O–H groups in total. The maximum Gasteiger partial charge on any atom is 0.0181 e. The van der Waals surface area contributed by atoms with Crippen LogP contribution in [-0.4, -0.2) is 39.6 Å². The monoisotopic (exact) mass is 336 g/mol. The van der Waals surface area contributed by atoms with Crippen molar-refractivity contribution in [3.8, 4) is 0 Å². The van der Waals surface area contributed by atoms with Crippen molar-refractivity contribution in [2.45, 2.75) is 20.8 Å². The Hall–Kier alpha value is 0.344. The molecule has 0 amide bonds. The van der Waals surface area contributed by atoms with E-state index in [-0.39, 0.29) is 29.4 Å². The molecule has 0 saturated carbocycles. The van der Waals surface area contributed by atoms with Crippen molar-refractivity contribution in [1.82, 2.24) is 31.9 Å². The molecule has 0 aliphatic rings. The Morgan fingerprint density at radius 3 is 1.14 bits per heavy atom. The first-order valence-electron chi connectivity index (χ1n) is 7.05. The second-order valence-corrected chi connectivity index (χ2v) is 6.09. The van der Waals surface area contributed by atoms with Crippen LogP contribution in [0.25, 0.3) is 0 Å². The molecule has 0 unspecified atom stereocenters. The number of hydrogen-bond acceptors (Lipinski definition) is 6. The predicted molar refractivity (Wildman–Crippen MR) is 86.0 cm³/mol. The summed E-state index contributed by atoms with van der Waals surface area (Å²) in [4.78, 5) is 0. The Labute approximate surface area is 143 Å². The summed E-state index contributed by atoms with van der Waals surface area (Å²) in [5.41, 5.74) is 0.182. The van der Waals surface area contributed by atoms with Crippen LogP contribution in [0.4, 0.5) is 0 Å². The summed E-state index contributed by atoms with van der Waals surface area (Å²) in [6.45, 7) is 11.5. The molecule has 0 spiro atoms. The van der Waals surface area contributed by atoms with E-state index in [1.807, 2.05) is 0 Å². The van der Waals surface area contributed by atoms with Crippen LogP contribution in [0.1, 0.15) is 20.8 Å².